The van der Waals surface area contributed by atoms with Crippen LogP contribution in [0.3, 0.4) is 0 Å². The molecule has 1 saturated heterocycles. The molecule has 3 aromatic rings. The van der Waals surface area contributed by atoms with Gasteiger partial charge >= 0.3 is 0 Å². The maximum absolute atomic E-state index is 13.1. The standard InChI is InChI=1S/C24H27N3O3/c1-17-16-25-23(18-7-5-4-6-8-18)27(17)19-11-13-26(14-12-19)24(28)21-10-9-20(29-2)15-22(21)30-3/h4-10,15-16,19H,11-14H2,1-3H3. The number of likely N-dealkylation sites (tertiary alicyclic amines) is 1. The minimum Gasteiger partial charge on any atom is -0.497 e. The first-order chi connectivity index (χ1) is 14.6. The Balaban J connectivity index is 1.50. The van der Waals surface area contributed by atoms with Crippen molar-refractivity contribution in [1.82, 2.24) is 14.5 Å². The normalized spacial score (nSPS) is 14.6. The molecule has 2 heterocycles. The molecule has 1 aliphatic heterocycles. The Kier molecular flexibility index (Phi) is 5.74. The van der Waals surface area contributed by atoms with Crippen molar-refractivity contribution >= 4 is 5.91 Å². The zero-order chi connectivity index (χ0) is 21.1. The second-order valence-electron chi connectivity index (χ2n) is 7.55. The summed E-state index contributed by atoms with van der Waals surface area (Å²) in [5.74, 6) is 2.21. The first-order valence-corrected chi connectivity index (χ1v) is 10.2. The van der Waals surface area contributed by atoms with E-state index in [-0.39, 0.29) is 5.91 Å². The number of nitrogens with zero attached hydrogens (tertiary/aromatic N) is 3. The molecule has 2 aromatic carbocycles. The molecular weight excluding hydrogens is 378 g/mol. The molecule has 6 nitrogen and oxygen atoms in total. The van der Waals surface area contributed by atoms with E-state index in [1.54, 1.807) is 32.4 Å². The number of amides is 1. The topological polar surface area (TPSA) is 56.6 Å². The van der Waals surface area contributed by atoms with Crippen molar-refractivity contribution in [3.8, 4) is 22.9 Å². The maximum atomic E-state index is 13.1. The highest BCUT2D eigenvalue weighted by Crippen LogP contribution is 2.32. The summed E-state index contributed by atoms with van der Waals surface area (Å²) in [4.78, 5) is 19.7. The second kappa shape index (κ2) is 8.61. The summed E-state index contributed by atoms with van der Waals surface area (Å²) in [6.45, 7) is 3.49. The molecule has 1 fully saturated rings. The molecule has 30 heavy (non-hydrogen) atoms. The lowest BCUT2D eigenvalue weighted by molar-refractivity contribution is 0.0691. The third-order valence-electron chi connectivity index (χ3n) is 5.77. The molecule has 0 saturated carbocycles. The summed E-state index contributed by atoms with van der Waals surface area (Å²) in [6, 6.07) is 15.9. The molecule has 0 unspecified atom stereocenters. The molecule has 0 N–H and O–H groups in total. The minimum atomic E-state index is -0.00131. The molecule has 1 amide bonds. The quantitative estimate of drug-likeness (QED) is 0.633. The third kappa shape index (κ3) is 3.77. The van der Waals surface area contributed by atoms with E-state index < -0.39 is 0 Å². The van der Waals surface area contributed by atoms with E-state index in [2.05, 4.69) is 28.6 Å². The lowest BCUT2D eigenvalue weighted by atomic mass is 10.0. The van der Waals surface area contributed by atoms with E-state index in [0.717, 1.165) is 29.9 Å². The van der Waals surface area contributed by atoms with Gasteiger partial charge in [0.25, 0.3) is 5.91 Å². The Morgan fingerprint density at radius 3 is 2.43 bits per heavy atom. The van der Waals surface area contributed by atoms with Crippen LogP contribution in [0.4, 0.5) is 0 Å². The molecule has 0 aliphatic carbocycles. The number of ether oxygens (including phenoxy) is 2. The first-order valence-electron chi connectivity index (χ1n) is 10.2. The Morgan fingerprint density at radius 1 is 1.03 bits per heavy atom. The number of benzene rings is 2. The van der Waals surface area contributed by atoms with Crippen LogP contribution in [-0.4, -0.2) is 47.7 Å². The lowest BCUT2D eigenvalue weighted by Gasteiger charge is -2.34. The number of hydrogen-bond donors (Lipinski definition) is 0. The number of piperidine rings is 1. The largest absolute Gasteiger partial charge is 0.497 e. The summed E-state index contributed by atoms with van der Waals surface area (Å²) >= 11 is 0. The Hall–Kier alpha value is -3.28. The summed E-state index contributed by atoms with van der Waals surface area (Å²) in [6.07, 6.45) is 3.71. The zero-order valence-electron chi connectivity index (χ0n) is 17.7. The van der Waals surface area contributed by atoms with Gasteiger partial charge in [0, 0.05) is 42.7 Å². The maximum Gasteiger partial charge on any atom is 0.257 e. The fraction of sp³-hybridized carbons (Fsp3) is 0.333. The fourth-order valence-corrected chi connectivity index (χ4v) is 4.18. The predicted octanol–water partition coefficient (Wildman–Crippen LogP) is 4.35. The Labute approximate surface area is 177 Å². The SMILES string of the molecule is COc1ccc(C(=O)N2CCC(n3c(C)cnc3-c3ccccc3)CC2)c(OC)c1. The zero-order valence-corrected chi connectivity index (χ0v) is 17.7. The van der Waals surface area contributed by atoms with Crippen molar-refractivity contribution in [2.75, 3.05) is 27.3 Å². The third-order valence-corrected chi connectivity index (χ3v) is 5.77. The summed E-state index contributed by atoms with van der Waals surface area (Å²) < 4.78 is 13.0. The molecule has 1 aromatic heterocycles. The van der Waals surface area contributed by atoms with Crippen LogP contribution in [0.25, 0.3) is 11.4 Å². The predicted molar refractivity (Wildman–Crippen MR) is 116 cm³/mol. The van der Waals surface area contributed by atoms with Gasteiger partial charge in [0.2, 0.25) is 0 Å². The van der Waals surface area contributed by atoms with Gasteiger partial charge in [-0.3, -0.25) is 4.79 Å². The number of carbonyl (C=O) groups excluding carboxylic acids is 1. The van der Waals surface area contributed by atoms with Gasteiger partial charge in [0.05, 0.1) is 19.8 Å². The van der Waals surface area contributed by atoms with Crippen LogP contribution in [0, 0.1) is 6.92 Å². The van der Waals surface area contributed by atoms with Gasteiger partial charge < -0.3 is 18.9 Å². The number of rotatable bonds is 5. The second-order valence-corrected chi connectivity index (χ2v) is 7.55. The van der Waals surface area contributed by atoms with E-state index in [1.165, 1.54) is 0 Å². The number of methoxy groups -OCH3 is 2. The van der Waals surface area contributed by atoms with E-state index in [0.29, 0.717) is 36.2 Å². The van der Waals surface area contributed by atoms with Gasteiger partial charge in [0.1, 0.15) is 17.3 Å². The monoisotopic (exact) mass is 405 g/mol. The van der Waals surface area contributed by atoms with Gasteiger partial charge in [-0.15, -0.1) is 0 Å². The van der Waals surface area contributed by atoms with Gasteiger partial charge in [-0.25, -0.2) is 4.98 Å². The van der Waals surface area contributed by atoms with Crippen molar-refractivity contribution in [1.29, 1.82) is 0 Å². The van der Waals surface area contributed by atoms with Gasteiger partial charge in [-0.1, -0.05) is 30.3 Å². The lowest BCUT2D eigenvalue weighted by Crippen LogP contribution is -2.39. The number of aryl methyl sites for hydroxylation is 1. The van der Waals surface area contributed by atoms with Gasteiger partial charge in [-0.2, -0.15) is 0 Å². The van der Waals surface area contributed by atoms with Crippen LogP contribution < -0.4 is 9.47 Å². The molecule has 0 radical (unpaired) electrons. The van der Waals surface area contributed by atoms with Crippen LogP contribution in [0.2, 0.25) is 0 Å². The number of hydrogen-bond acceptors (Lipinski definition) is 4. The molecule has 6 heteroatoms. The van der Waals surface area contributed by atoms with Crippen molar-refractivity contribution < 1.29 is 14.3 Å². The molecule has 0 bridgehead atoms. The highest BCUT2D eigenvalue weighted by molar-refractivity contribution is 5.97. The molecule has 0 atom stereocenters. The van der Waals surface area contributed by atoms with E-state index in [9.17, 15) is 4.79 Å². The molecular formula is C24H27N3O3. The van der Waals surface area contributed by atoms with Crippen LogP contribution in [0.1, 0.15) is 34.9 Å². The van der Waals surface area contributed by atoms with Crippen LogP contribution in [0.15, 0.2) is 54.7 Å². The van der Waals surface area contributed by atoms with E-state index in [1.807, 2.05) is 29.3 Å². The molecule has 0 spiro atoms. The highest BCUT2D eigenvalue weighted by Gasteiger charge is 2.28. The average molecular weight is 405 g/mol. The minimum absolute atomic E-state index is 0.00131. The highest BCUT2D eigenvalue weighted by atomic mass is 16.5. The summed E-state index contributed by atoms with van der Waals surface area (Å²) in [5.41, 5.74) is 2.84. The smallest absolute Gasteiger partial charge is 0.257 e. The molecule has 1 aliphatic rings. The number of imidazole rings is 1. The Bertz CT molecular complexity index is 1020. The van der Waals surface area contributed by atoms with Crippen LogP contribution >= 0.6 is 0 Å². The molecule has 156 valence electrons. The number of carbonyl (C=O) groups is 1. The average Bonchev–Trinajstić information content (AvgIpc) is 3.20. The van der Waals surface area contributed by atoms with Crippen molar-refractivity contribution in [3.63, 3.8) is 0 Å². The van der Waals surface area contributed by atoms with Gasteiger partial charge in [-0.05, 0) is 31.9 Å². The Morgan fingerprint density at radius 2 is 1.77 bits per heavy atom. The van der Waals surface area contributed by atoms with Crippen molar-refractivity contribution in [2.24, 2.45) is 0 Å². The molecule has 4 rings (SSSR count). The van der Waals surface area contributed by atoms with Crippen molar-refractivity contribution in [2.45, 2.75) is 25.8 Å². The number of aromatic nitrogens is 2. The van der Waals surface area contributed by atoms with E-state index in [4.69, 9.17) is 9.47 Å². The van der Waals surface area contributed by atoms with Crippen LogP contribution in [-0.2, 0) is 0 Å². The summed E-state index contributed by atoms with van der Waals surface area (Å²) in [5, 5.41) is 0. The summed E-state index contributed by atoms with van der Waals surface area (Å²) in [7, 11) is 3.17. The van der Waals surface area contributed by atoms with E-state index >= 15 is 0 Å². The first kappa shape index (κ1) is 20.0. The van der Waals surface area contributed by atoms with Crippen LogP contribution in [0.5, 0.6) is 11.5 Å². The fourth-order valence-electron chi connectivity index (χ4n) is 4.18. The van der Waals surface area contributed by atoms with Crippen molar-refractivity contribution in [3.05, 3.63) is 66.0 Å². The van der Waals surface area contributed by atoms with Gasteiger partial charge in [0.15, 0.2) is 0 Å².